The van der Waals surface area contributed by atoms with Crippen molar-refractivity contribution in [2.75, 3.05) is 5.32 Å². The number of thiocarbonyl (C=S) groups is 1. The zero-order chi connectivity index (χ0) is 14.0. The van der Waals surface area contributed by atoms with Gasteiger partial charge in [0, 0.05) is 4.47 Å². The van der Waals surface area contributed by atoms with Crippen molar-refractivity contribution >= 4 is 44.5 Å². The number of nitrogens with two attached hydrogens (primary N) is 1. The third-order valence-corrected chi connectivity index (χ3v) is 3.35. The summed E-state index contributed by atoms with van der Waals surface area (Å²) in [5, 5.41) is 2.80. The molecule has 0 aliphatic heterocycles. The summed E-state index contributed by atoms with van der Waals surface area (Å²) in [6.07, 6.45) is 0. The van der Waals surface area contributed by atoms with Crippen molar-refractivity contribution in [3.63, 3.8) is 0 Å². The van der Waals surface area contributed by atoms with Crippen LogP contribution in [0.25, 0.3) is 0 Å². The molecule has 0 aromatic heterocycles. The van der Waals surface area contributed by atoms with E-state index in [0.717, 1.165) is 0 Å². The second kappa shape index (κ2) is 5.63. The Bertz CT molecular complexity index is 626. The first-order valence-electron chi connectivity index (χ1n) is 5.30. The summed E-state index contributed by atoms with van der Waals surface area (Å²) >= 11 is 8.04. The van der Waals surface area contributed by atoms with Crippen LogP contribution in [0, 0.1) is 11.6 Å². The minimum Gasteiger partial charge on any atom is -0.389 e. The highest BCUT2D eigenvalue weighted by Gasteiger charge is 2.14. The molecule has 6 heteroatoms. The number of rotatable bonds is 3. The lowest BCUT2D eigenvalue weighted by molar-refractivity contribution is 0.624. The van der Waals surface area contributed by atoms with Gasteiger partial charge in [-0.1, -0.05) is 24.4 Å². The van der Waals surface area contributed by atoms with Crippen LogP contribution in [-0.2, 0) is 0 Å². The van der Waals surface area contributed by atoms with Gasteiger partial charge in [0.2, 0.25) is 0 Å². The molecule has 98 valence electrons. The number of hydrogen-bond donors (Lipinski definition) is 2. The lowest BCUT2D eigenvalue weighted by atomic mass is 10.1. The number of halogens is 3. The Morgan fingerprint density at radius 2 is 1.74 bits per heavy atom. The monoisotopic (exact) mass is 342 g/mol. The van der Waals surface area contributed by atoms with Crippen LogP contribution in [0.3, 0.4) is 0 Å². The summed E-state index contributed by atoms with van der Waals surface area (Å²) in [4.78, 5) is -0.0898. The molecule has 0 bridgehead atoms. The number of para-hydroxylation sites is 1. The fourth-order valence-corrected chi connectivity index (χ4v) is 2.28. The zero-order valence-electron chi connectivity index (χ0n) is 9.58. The Hall–Kier alpha value is -1.53. The first kappa shape index (κ1) is 13.9. The van der Waals surface area contributed by atoms with E-state index in [1.54, 1.807) is 18.2 Å². The summed E-state index contributed by atoms with van der Waals surface area (Å²) in [6.45, 7) is 0. The van der Waals surface area contributed by atoms with Gasteiger partial charge in [0.25, 0.3) is 0 Å². The lowest BCUT2D eigenvalue weighted by Gasteiger charge is -2.13. The molecule has 0 amide bonds. The van der Waals surface area contributed by atoms with E-state index >= 15 is 0 Å². The van der Waals surface area contributed by atoms with Gasteiger partial charge >= 0.3 is 0 Å². The summed E-state index contributed by atoms with van der Waals surface area (Å²) < 4.78 is 27.9. The van der Waals surface area contributed by atoms with Crippen LogP contribution in [0.5, 0.6) is 0 Å². The van der Waals surface area contributed by atoms with Crippen LogP contribution in [-0.4, -0.2) is 4.99 Å². The molecule has 0 fully saturated rings. The van der Waals surface area contributed by atoms with Crippen LogP contribution in [0.4, 0.5) is 20.2 Å². The number of hydrogen-bond acceptors (Lipinski definition) is 2. The topological polar surface area (TPSA) is 38.0 Å². The second-order valence-corrected chi connectivity index (χ2v) is 5.04. The summed E-state index contributed by atoms with van der Waals surface area (Å²) in [5.41, 5.74) is 6.07. The van der Waals surface area contributed by atoms with Crippen LogP contribution < -0.4 is 11.1 Å². The Morgan fingerprint density at radius 1 is 1.11 bits per heavy atom. The average Bonchev–Trinajstić information content (AvgIpc) is 2.33. The molecule has 3 N–H and O–H groups in total. The second-order valence-electron chi connectivity index (χ2n) is 3.75. The van der Waals surface area contributed by atoms with E-state index in [1.807, 2.05) is 0 Å². The summed E-state index contributed by atoms with van der Waals surface area (Å²) in [6, 6.07) is 8.85. The molecule has 0 heterocycles. The molecular formula is C13H9BrF2N2S. The van der Waals surface area contributed by atoms with Gasteiger partial charge in [0.15, 0.2) is 0 Å². The predicted molar refractivity (Wildman–Crippen MR) is 79.7 cm³/mol. The molecule has 0 unspecified atom stereocenters. The fourth-order valence-electron chi connectivity index (χ4n) is 1.63. The summed E-state index contributed by atoms with van der Waals surface area (Å²) in [5.74, 6) is -1.02. The maximum atomic E-state index is 13.7. The van der Waals surface area contributed by atoms with Gasteiger partial charge in [-0.15, -0.1) is 0 Å². The third-order valence-electron chi connectivity index (χ3n) is 2.48. The van der Waals surface area contributed by atoms with E-state index in [0.29, 0.717) is 10.2 Å². The maximum Gasteiger partial charge on any atom is 0.147 e. The van der Waals surface area contributed by atoms with Crippen molar-refractivity contribution < 1.29 is 8.78 Å². The Kier molecular flexibility index (Phi) is 4.11. The standard InChI is InChI=1S/C13H9BrF2N2S/c14-7-3-1-5-9(16)12(7)18-10-6-2-4-8(15)11(10)13(17)19/h1-6,18H,(H2,17,19). The molecule has 0 saturated heterocycles. The van der Waals surface area contributed by atoms with Crippen molar-refractivity contribution in [2.24, 2.45) is 5.73 Å². The van der Waals surface area contributed by atoms with Gasteiger partial charge in [0.05, 0.1) is 16.9 Å². The molecule has 2 aromatic carbocycles. The van der Waals surface area contributed by atoms with Crippen molar-refractivity contribution in [1.82, 2.24) is 0 Å². The number of nitrogens with one attached hydrogen (secondary N) is 1. The largest absolute Gasteiger partial charge is 0.389 e. The molecule has 0 radical (unpaired) electrons. The van der Waals surface area contributed by atoms with E-state index in [9.17, 15) is 8.78 Å². The molecule has 0 atom stereocenters. The number of anilines is 2. The SMILES string of the molecule is NC(=S)c1c(F)cccc1Nc1c(F)cccc1Br. The van der Waals surface area contributed by atoms with Gasteiger partial charge < -0.3 is 11.1 Å². The van der Waals surface area contributed by atoms with Crippen LogP contribution in [0.15, 0.2) is 40.9 Å². The van der Waals surface area contributed by atoms with Crippen molar-refractivity contribution in [3.05, 3.63) is 58.1 Å². The molecule has 2 rings (SSSR count). The highest BCUT2D eigenvalue weighted by atomic mass is 79.9. The highest BCUT2D eigenvalue weighted by Crippen LogP contribution is 2.30. The Balaban J connectivity index is 2.50. The smallest absolute Gasteiger partial charge is 0.147 e. The summed E-state index contributed by atoms with van der Waals surface area (Å²) in [7, 11) is 0. The molecule has 2 nitrogen and oxygen atoms in total. The van der Waals surface area contributed by atoms with Crippen LogP contribution in [0.2, 0.25) is 0 Å². The Morgan fingerprint density at radius 3 is 2.37 bits per heavy atom. The van der Waals surface area contributed by atoms with E-state index < -0.39 is 11.6 Å². The Labute approximate surface area is 122 Å². The first-order chi connectivity index (χ1) is 9.00. The maximum absolute atomic E-state index is 13.7. The van der Waals surface area contributed by atoms with Gasteiger partial charge in [-0.2, -0.15) is 0 Å². The van der Waals surface area contributed by atoms with Crippen molar-refractivity contribution in [1.29, 1.82) is 0 Å². The van der Waals surface area contributed by atoms with Crippen LogP contribution in [0.1, 0.15) is 5.56 Å². The molecule has 2 aromatic rings. The van der Waals surface area contributed by atoms with Crippen LogP contribution >= 0.6 is 28.1 Å². The fraction of sp³-hybridized carbons (Fsp3) is 0. The van der Waals surface area contributed by atoms with Gasteiger partial charge in [-0.3, -0.25) is 0 Å². The third kappa shape index (κ3) is 2.90. The number of benzene rings is 2. The van der Waals surface area contributed by atoms with Gasteiger partial charge in [0.1, 0.15) is 16.6 Å². The minimum absolute atomic E-state index is 0.0626. The molecule has 0 aliphatic carbocycles. The molecule has 19 heavy (non-hydrogen) atoms. The quantitative estimate of drug-likeness (QED) is 0.824. The predicted octanol–water partition coefficient (Wildman–Crippen LogP) is 4.11. The minimum atomic E-state index is -0.551. The van der Waals surface area contributed by atoms with E-state index in [2.05, 4.69) is 21.2 Å². The normalized spacial score (nSPS) is 10.3. The molecular weight excluding hydrogens is 334 g/mol. The highest BCUT2D eigenvalue weighted by molar-refractivity contribution is 9.10. The van der Waals surface area contributed by atoms with Crippen molar-refractivity contribution in [2.45, 2.75) is 0 Å². The average molecular weight is 343 g/mol. The molecule has 0 saturated carbocycles. The van der Waals surface area contributed by atoms with Crippen molar-refractivity contribution in [3.8, 4) is 0 Å². The van der Waals surface area contributed by atoms with E-state index in [-0.39, 0.29) is 16.2 Å². The zero-order valence-corrected chi connectivity index (χ0v) is 12.0. The van der Waals surface area contributed by atoms with E-state index in [1.165, 1.54) is 18.2 Å². The van der Waals surface area contributed by atoms with Gasteiger partial charge in [-0.25, -0.2) is 8.78 Å². The molecule has 0 aliphatic rings. The lowest BCUT2D eigenvalue weighted by Crippen LogP contribution is -2.14. The van der Waals surface area contributed by atoms with Gasteiger partial charge in [-0.05, 0) is 40.2 Å². The van der Waals surface area contributed by atoms with E-state index in [4.69, 9.17) is 18.0 Å². The first-order valence-corrected chi connectivity index (χ1v) is 6.50. The molecule has 0 spiro atoms.